The minimum atomic E-state index is -0.979. The molecule has 0 amide bonds. The van der Waals surface area contributed by atoms with Gasteiger partial charge in [-0.2, -0.15) is 0 Å². The van der Waals surface area contributed by atoms with Crippen LogP contribution in [0.15, 0.2) is 35.4 Å². The van der Waals surface area contributed by atoms with Crippen LogP contribution in [0.4, 0.5) is 0 Å². The van der Waals surface area contributed by atoms with Gasteiger partial charge in [0.05, 0.1) is 5.56 Å². The van der Waals surface area contributed by atoms with Crippen LogP contribution in [0.3, 0.4) is 0 Å². The molecule has 1 N–H and O–H groups in total. The number of fused-ring (bicyclic) bond motifs is 1. The van der Waals surface area contributed by atoms with Gasteiger partial charge >= 0.3 is 5.97 Å². The molecule has 0 aliphatic carbocycles. The molecule has 1 aromatic heterocycles. The first-order chi connectivity index (χ1) is 11.4. The van der Waals surface area contributed by atoms with Crippen LogP contribution in [-0.4, -0.2) is 21.8 Å². The van der Waals surface area contributed by atoms with Gasteiger partial charge in [0.15, 0.2) is 0 Å². The number of benzene rings is 1. The molecule has 3 rings (SSSR count). The topological polar surface area (TPSA) is 50.2 Å². The summed E-state index contributed by atoms with van der Waals surface area (Å²) in [5, 5.41) is 8.90. The number of hydrogen-bond donors (Lipinski definition) is 1. The highest BCUT2D eigenvalue weighted by molar-refractivity contribution is 7.99. The fourth-order valence-corrected chi connectivity index (χ4v) is 4.32. The van der Waals surface area contributed by atoms with Crippen LogP contribution in [0.1, 0.15) is 53.0 Å². The van der Waals surface area contributed by atoms with E-state index in [2.05, 4.69) is 49.7 Å². The maximum absolute atomic E-state index is 10.9. The number of rotatable bonds is 1. The highest BCUT2D eigenvalue weighted by Gasteiger charge is 2.28. The van der Waals surface area contributed by atoms with Crippen LogP contribution < -0.4 is 0 Å². The largest absolute Gasteiger partial charge is 0.478 e. The molecule has 1 aromatic carbocycles. The summed E-state index contributed by atoms with van der Waals surface area (Å²) in [5.74, 6) is 6.42. The number of pyridine rings is 1. The third-order valence-corrected chi connectivity index (χ3v) is 5.43. The highest BCUT2D eigenvalue weighted by atomic mass is 32.2. The predicted molar refractivity (Wildman–Crippen MR) is 96.7 cm³/mol. The van der Waals surface area contributed by atoms with E-state index in [9.17, 15) is 4.79 Å². The van der Waals surface area contributed by atoms with Gasteiger partial charge in [0.2, 0.25) is 0 Å². The number of carbonyl (C=O) groups is 1. The Morgan fingerprint density at radius 2 is 2.08 bits per heavy atom. The van der Waals surface area contributed by atoms with E-state index in [1.807, 2.05) is 11.8 Å². The average molecular weight is 337 g/mol. The van der Waals surface area contributed by atoms with Crippen LogP contribution in [0.5, 0.6) is 0 Å². The van der Waals surface area contributed by atoms with Gasteiger partial charge in [-0.25, -0.2) is 9.78 Å². The summed E-state index contributed by atoms with van der Waals surface area (Å²) in [7, 11) is 0. The number of carboxylic acid groups (broad SMARTS) is 1. The summed E-state index contributed by atoms with van der Waals surface area (Å²) in [5.41, 5.74) is 4.45. The van der Waals surface area contributed by atoms with Gasteiger partial charge in [-0.15, -0.1) is 11.8 Å². The first kappa shape index (κ1) is 16.6. The molecule has 2 heterocycles. The molecule has 0 radical (unpaired) electrons. The third kappa shape index (κ3) is 3.32. The Labute approximate surface area is 146 Å². The van der Waals surface area contributed by atoms with Crippen molar-refractivity contribution >= 4 is 17.7 Å². The zero-order valence-electron chi connectivity index (χ0n) is 14.0. The van der Waals surface area contributed by atoms with E-state index in [1.165, 1.54) is 29.1 Å². The Morgan fingerprint density at radius 1 is 1.29 bits per heavy atom. The van der Waals surface area contributed by atoms with E-state index >= 15 is 0 Å². The van der Waals surface area contributed by atoms with E-state index < -0.39 is 5.97 Å². The molecule has 0 spiro atoms. The number of hydrogen-bond acceptors (Lipinski definition) is 3. The molecule has 4 heteroatoms. The van der Waals surface area contributed by atoms with Crippen molar-refractivity contribution in [2.75, 3.05) is 5.75 Å². The number of nitrogens with zero attached hydrogens (tertiary/aromatic N) is 1. The maximum atomic E-state index is 10.9. The minimum absolute atomic E-state index is 0.171. The maximum Gasteiger partial charge on any atom is 0.337 e. The Kier molecular flexibility index (Phi) is 4.38. The lowest BCUT2D eigenvalue weighted by Gasteiger charge is -2.32. The van der Waals surface area contributed by atoms with Crippen molar-refractivity contribution in [2.24, 2.45) is 0 Å². The Balaban J connectivity index is 1.95. The lowest BCUT2D eigenvalue weighted by molar-refractivity contribution is 0.0696. The molecule has 1 aliphatic heterocycles. The number of carboxylic acids is 1. The molecular weight excluding hydrogens is 318 g/mol. The normalized spacial score (nSPS) is 15.1. The fraction of sp³-hybridized carbons (Fsp3) is 0.300. The van der Waals surface area contributed by atoms with Crippen LogP contribution in [0.25, 0.3) is 0 Å². The highest BCUT2D eigenvalue weighted by Crippen LogP contribution is 2.42. The molecule has 2 aromatic rings. The second kappa shape index (κ2) is 6.33. The fourth-order valence-electron chi connectivity index (χ4n) is 2.74. The molecular formula is C20H19NO2S. The summed E-state index contributed by atoms with van der Waals surface area (Å²) >= 11 is 1.92. The van der Waals surface area contributed by atoms with E-state index in [1.54, 1.807) is 6.07 Å². The predicted octanol–water partition coefficient (Wildman–Crippen LogP) is 4.26. The summed E-state index contributed by atoms with van der Waals surface area (Å²) in [6.45, 7) is 6.64. The van der Waals surface area contributed by atoms with Crippen molar-refractivity contribution in [3.05, 3.63) is 58.4 Å². The molecule has 0 bridgehead atoms. The first-order valence-corrected chi connectivity index (χ1v) is 8.85. The zero-order valence-corrected chi connectivity index (χ0v) is 14.8. The van der Waals surface area contributed by atoms with Gasteiger partial charge in [0.25, 0.3) is 0 Å². The second-order valence-corrected chi connectivity index (χ2v) is 7.77. The monoisotopic (exact) mass is 337 g/mol. The molecule has 24 heavy (non-hydrogen) atoms. The van der Waals surface area contributed by atoms with Crippen molar-refractivity contribution in [3.63, 3.8) is 0 Å². The molecule has 3 nitrogen and oxygen atoms in total. The molecule has 0 fully saturated rings. The molecule has 1 aliphatic rings. The van der Waals surface area contributed by atoms with E-state index in [0.29, 0.717) is 5.69 Å². The minimum Gasteiger partial charge on any atom is -0.478 e. The summed E-state index contributed by atoms with van der Waals surface area (Å²) in [6.07, 6.45) is 2.50. The first-order valence-electron chi connectivity index (χ1n) is 7.86. The van der Waals surface area contributed by atoms with Crippen LogP contribution in [-0.2, 0) is 5.41 Å². The van der Waals surface area contributed by atoms with Crippen LogP contribution in [0, 0.1) is 18.8 Å². The Bertz CT molecular complexity index is 858. The average Bonchev–Trinajstić information content (AvgIpc) is 2.53. The second-order valence-electron chi connectivity index (χ2n) is 6.63. The van der Waals surface area contributed by atoms with Crippen LogP contribution in [0.2, 0.25) is 0 Å². The van der Waals surface area contributed by atoms with Crippen molar-refractivity contribution in [1.82, 2.24) is 4.98 Å². The third-order valence-electron chi connectivity index (χ3n) is 4.38. The number of aryl methyl sites for hydroxylation is 1. The van der Waals surface area contributed by atoms with Crippen molar-refractivity contribution in [2.45, 2.75) is 37.5 Å². The van der Waals surface area contributed by atoms with Crippen molar-refractivity contribution < 1.29 is 9.90 Å². The van der Waals surface area contributed by atoms with E-state index in [0.717, 1.165) is 16.9 Å². The molecule has 0 unspecified atom stereocenters. The molecule has 122 valence electrons. The number of aromatic carboxylic acids is 1. The SMILES string of the molecule is Cc1cc2c(cc1C#Cc1ccc(C(=O)O)cn1)C(C)(C)CCS2. The van der Waals surface area contributed by atoms with Gasteiger partial charge in [0, 0.05) is 16.7 Å². The standard InChI is InChI=1S/C20H19NO2S/c1-13-10-18-17(20(2,3)8-9-24-18)11-14(13)4-6-16-7-5-15(12-21-16)19(22)23/h5,7,10-12H,8-9H2,1-3H3,(H,22,23). The molecule has 0 atom stereocenters. The zero-order chi connectivity index (χ0) is 17.3. The van der Waals surface area contributed by atoms with Gasteiger partial charge in [0.1, 0.15) is 5.69 Å². The smallest absolute Gasteiger partial charge is 0.337 e. The summed E-state index contributed by atoms with van der Waals surface area (Å²) in [4.78, 5) is 16.3. The Hall–Kier alpha value is -2.25. The van der Waals surface area contributed by atoms with E-state index in [-0.39, 0.29) is 11.0 Å². The van der Waals surface area contributed by atoms with Gasteiger partial charge in [-0.3, -0.25) is 0 Å². The van der Waals surface area contributed by atoms with Gasteiger partial charge < -0.3 is 5.11 Å². The summed E-state index contributed by atoms with van der Waals surface area (Å²) in [6, 6.07) is 7.60. The lowest BCUT2D eigenvalue weighted by Crippen LogP contribution is -2.23. The van der Waals surface area contributed by atoms with Crippen molar-refractivity contribution in [1.29, 1.82) is 0 Å². The number of thioether (sulfide) groups is 1. The van der Waals surface area contributed by atoms with E-state index in [4.69, 9.17) is 5.11 Å². The van der Waals surface area contributed by atoms with Crippen molar-refractivity contribution in [3.8, 4) is 11.8 Å². The Morgan fingerprint density at radius 3 is 2.75 bits per heavy atom. The molecule has 0 saturated heterocycles. The van der Waals surface area contributed by atoms with Gasteiger partial charge in [-0.05, 0) is 65.8 Å². The van der Waals surface area contributed by atoms with Gasteiger partial charge in [-0.1, -0.05) is 19.8 Å². The van der Waals surface area contributed by atoms with Crippen LogP contribution >= 0.6 is 11.8 Å². The number of aromatic nitrogens is 1. The molecule has 0 saturated carbocycles. The quantitative estimate of drug-likeness (QED) is 0.790. The summed E-state index contributed by atoms with van der Waals surface area (Å²) < 4.78 is 0. The lowest BCUT2D eigenvalue weighted by atomic mass is 9.80.